The Morgan fingerprint density at radius 3 is 2.43 bits per heavy atom. The molecule has 2 aromatic heterocycles. The van der Waals surface area contributed by atoms with Crippen molar-refractivity contribution in [2.45, 2.75) is 25.0 Å². The van der Waals surface area contributed by atoms with Crippen LogP contribution in [-0.4, -0.2) is 53.9 Å². The van der Waals surface area contributed by atoms with Gasteiger partial charge < -0.3 is 10.0 Å². The van der Waals surface area contributed by atoms with Crippen molar-refractivity contribution in [1.82, 2.24) is 24.2 Å². The molecule has 0 aliphatic carbocycles. The van der Waals surface area contributed by atoms with E-state index in [-0.39, 0.29) is 43.4 Å². The number of likely N-dealkylation sites (tertiary alicyclic amines) is 1. The molecule has 1 N–H and O–H groups in total. The van der Waals surface area contributed by atoms with Gasteiger partial charge in [0.05, 0.1) is 24.0 Å². The Morgan fingerprint density at radius 1 is 1.03 bits per heavy atom. The van der Waals surface area contributed by atoms with E-state index in [4.69, 9.17) is 0 Å². The molecule has 1 saturated heterocycles. The van der Waals surface area contributed by atoms with Crippen molar-refractivity contribution in [1.29, 1.82) is 0 Å². The number of amides is 1. The fourth-order valence-electron chi connectivity index (χ4n) is 4.25. The van der Waals surface area contributed by atoms with Crippen LogP contribution in [0.25, 0.3) is 16.7 Å². The minimum atomic E-state index is -1.27. The zero-order valence-corrected chi connectivity index (χ0v) is 18.4. The normalized spacial score (nSPS) is 15.5. The number of hydrogen-bond acceptors (Lipinski definition) is 5. The fourth-order valence-corrected chi connectivity index (χ4v) is 4.25. The second-order valence-corrected chi connectivity index (χ2v) is 8.59. The molecule has 1 aliphatic heterocycles. The summed E-state index contributed by atoms with van der Waals surface area (Å²) in [6.07, 6.45) is 3.06. The second kappa shape index (κ2) is 8.66. The third-order valence-electron chi connectivity index (χ3n) is 6.24. The van der Waals surface area contributed by atoms with Gasteiger partial charge in [0.25, 0.3) is 11.5 Å². The number of carbonyl (C=O) groups is 1. The maximum absolute atomic E-state index is 13.5. The standard InChI is InChI=1S/C24H20F3N5O3/c25-16-2-4-17(5-3-16)32-21-18(12-29-32)23(34)31(14-28-21)13-24(35)7-9-30(10-8-24)22(33)15-1-6-19(26)20(27)11-15/h1-6,11-12,14,35H,7-10,13H2. The smallest absolute Gasteiger partial charge is 0.264 e. The van der Waals surface area contributed by atoms with Crippen LogP contribution in [0.3, 0.4) is 0 Å². The maximum Gasteiger partial charge on any atom is 0.264 e. The highest BCUT2D eigenvalue weighted by Gasteiger charge is 2.35. The summed E-state index contributed by atoms with van der Waals surface area (Å²) in [5, 5.41) is 15.5. The molecule has 1 amide bonds. The second-order valence-electron chi connectivity index (χ2n) is 8.59. The maximum atomic E-state index is 13.5. The molecule has 0 radical (unpaired) electrons. The van der Waals surface area contributed by atoms with Crippen molar-refractivity contribution in [2.24, 2.45) is 0 Å². The average molecular weight is 483 g/mol. The third-order valence-corrected chi connectivity index (χ3v) is 6.24. The van der Waals surface area contributed by atoms with Crippen molar-refractivity contribution < 1.29 is 23.1 Å². The molecule has 5 rings (SSSR count). The van der Waals surface area contributed by atoms with Gasteiger partial charge in [-0.25, -0.2) is 22.8 Å². The summed E-state index contributed by atoms with van der Waals surface area (Å²) in [6, 6.07) is 8.57. The topological polar surface area (TPSA) is 93.2 Å². The van der Waals surface area contributed by atoms with Crippen LogP contribution in [0.2, 0.25) is 0 Å². The van der Waals surface area contributed by atoms with Crippen LogP contribution in [0.1, 0.15) is 23.2 Å². The Kier molecular flexibility index (Phi) is 5.64. The fraction of sp³-hybridized carbons (Fsp3) is 0.250. The van der Waals surface area contributed by atoms with Gasteiger partial charge in [-0.05, 0) is 55.3 Å². The molecular weight excluding hydrogens is 463 g/mol. The molecule has 8 nitrogen and oxygen atoms in total. The molecule has 180 valence electrons. The van der Waals surface area contributed by atoms with Crippen LogP contribution in [-0.2, 0) is 6.54 Å². The number of aromatic nitrogens is 4. The van der Waals surface area contributed by atoms with E-state index < -0.39 is 34.5 Å². The predicted molar refractivity (Wildman–Crippen MR) is 120 cm³/mol. The highest BCUT2D eigenvalue weighted by atomic mass is 19.2. The summed E-state index contributed by atoms with van der Waals surface area (Å²) in [6.45, 7) is 0.326. The van der Waals surface area contributed by atoms with E-state index in [0.717, 1.165) is 12.1 Å². The quantitative estimate of drug-likeness (QED) is 0.482. The number of rotatable bonds is 4. The number of hydrogen-bond donors (Lipinski definition) is 1. The van der Waals surface area contributed by atoms with Gasteiger partial charge in [0.15, 0.2) is 17.3 Å². The van der Waals surface area contributed by atoms with Gasteiger partial charge in [-0.3, -0.25) is 14.2 Å². The first-order valence-corrected chi connectivity index (χ1v) is 10.9. The zero-order valence-electron chi connectivity index (χ0n) is 18.4. The van der Waals surface area contributed by atoms with Gasteiger partial charge in [-0.1, -0.05) is 0 Å². The molecule has 0 unspecified atom stereocenters. The molecule has 2 aromatic carbocycles. The van der Waals surface area contributed by atoms with Gasteiger partial charge in [0.2, 0.25) is 0 Å². The molecule has 0 spiro atoms. The highest BCUT2D eigenvalue weighted by Crippen LogP contribution is 2.25. The summed E-state index contributed by atoms with van der Waals surface area (Å²) in [5.74, 6) is -2.99. The highest BCUT2D eigenvalue weighted by molar-refractivity contribution is 5.94. The summed E-state index contributed by atoms with van der Waals surface area (Å²) in [7, 11) is 0. The predicted octanol–water partition coefficient (Wildman–Crippen LogP) is 2.67. The number of carbonyl (C=O) groups excluding carboxylic acids is 1. The largest absolute Gasteiger partial charge is 0.388 e. The molecule has 0 bridgehead atoms. The first-order chi connectivity index (χ1) is 16.7. The lowest BCUT2D eigenvalue weighted by Gasteiger charge is -2.38. The van der Waals surface area contributed by atoms with Gasteiger partial charge in [0.1, 0.15) is 17.5 Å². The molecule has 3 heterocycles. The van der Waals surface area contributed by atoms with Crippen LogP contribution >= 0.6 is 0 Å². The molecule has 4 aromatic rings. The van der Waals surface area contributed by atoms with Crippen molar-refractivity contribution in [2.75, 3.05) is 13.1 Å². The van der Waals surface area contributed by atoms with Gasteiger partial charge in [-0.15, -0.1) is 0 Å². The van der Waals surface area contributed by atoms with Crippen molar-refractivity contribution >= 4 is 16.9 Å². The minimum Gasteiger partial charge on any atom is -0.388 e. The average Bonchev–Trinajstić information content (AvgIpc) is 3.28. The van der Waals surface area contributed by atoms with E-state index in [9.17, 15) is 27.9 Å². The van der Waals surface area contributed by atoms with E-state index in [1.54, 1.807) is 0 Å². The number of fused-ring (bicyclic) bond motifs is 1. The Hall–Kier alpha value is -3.99. The van der Waals surface area contributed by atoms with E-state index >= 15 is 0 Å². The first-order valence-electron chi connectivity index (χ1n) is 10.9. The van der Waals surface area contributed by atoms with E-state index in [1.165, 1.54) is 57.0 Å². The minimum absolute atomic E-state index is 0.0263. The lowest BCUT2D eigenvalue weighted by Crippen LogP contribution is -2.49. The summed E-state index contributed by atoms with van der Waals surface area (Å²) < 4.78 is 42.6. The van der Waals surface area contributed by atoms with Crippen LogP contribution in [0.15, 0.2) is 59.8 Å². The lowest BCUT2D eigenvalue weighted by molar-refractivity contribution is -0.0299. The van der Waals surface area contributed by atoms with Crippen molar-refractivity contribution in [3.8, 4) is 5.69 Å². The SMILES string of the molecule is O=C(c1ccc(F)c(F)c1)N1CCC(O)(Cn2cnc3c(cnn3-c3ccc(F)cc3)c2=O)CC1. The molecule has 0 atom stereocenters. The Labute approximate surface area is 196 Å². The molecule has 0 saturated carbocycles. The van der Waals surface area contributed by atoms with Crippen molar-refractivity contribution in [3.63, 3.8) is 0 Å². The molecule has 1 aliphatic rings. The number of benzene rings is 2. The van der Waals surface area contributed by atoms with Crippen LogP contribution in [0.4, 0.5) is 13.2 Å². The number of nitrogens with zero attached hydrogens (tertiary/aromatic N) is 5. The molecule has 11 heteroatoms. The summed E-state index contributed by atoms with van der Waals surface area (Å²) in [4.78, 5) is 31.4. The van der Waals surface area contributed by atoms with Crippen LogP contribution in [0.5, 0.6) is 0 Å². The third kappa shape index (κ3) is 4.30. The summed E-state index contributed by atoms with van der Waals surface area (Å²) >= 11 is 0. The van der Waals surface area contributed by atoms with Gasteiger partial charge >= 0.3 is 0 Å². The first kappa shape index (κ1) is 22.8. The zero-order chi connectivity index (χ0) is 24.7. The monoisotopic (exact) mass is 483 g/mol. The number of piperidine rings is 1. The molecule has 1 fully saturated rings. The van der Waals surface area contributed by atoms with E-state index in [1.807, 2.05) is 0 Å². The Balaban J connectivity index is 1.31. The number of aliphatic hydroxyl groups is 1. The van der Waals surface area contributed by atoms with Crippen LogP contribution in [0, 0.1) is 17.5 Å². The Morgan fingerprint density at radius 2 is 1.74 bits per heavy atom. The van der Waals surface area contributed by atoms with Gasteiger partial charge in [-0.2, -0.15) is 5.10 Å². The number of halogens is 3. The van der Waals surface area contributed by atoms with E-state index in [0.29, 0.717) is 11.3 Å². The van der Waals surface area contributed by atoms with Gasteiger partial charge in [0, 0.05) is 18.7 Å². The lowest BCUT2D eigenvalue weighted by atomic mass is 9.91. The van der Waals surface area contributed by atoms with Crippen molar-refractivity contribution in [3.05, 3.63) is 88.4 Å². The summed E-state index contributed by atoms with van der Waals surface area (Å²) in [5.41, 5.74) is -0.785. The molecular formula is C24H20F3N5O3. The molecule has 35 heavy (non-hydrogen) atoms. The van der Waals surface area contributed by atoms with Crippen LogP contribution < -0.4 is 5.56 Å². The Bertz CT molecular complexity index is 1470. The van der Waals surface area contributed by atoms with E-state index in [2.05, 4.69) is 10.1 Å².